The molecule has 0 bridgehead atoms. The lowest BCUT2D eigenvalue weighted by molar-refractivity contribution is -0.136. The second-order valence-corrected chi connectivity index (χ2v) is 12.4. The van der Waals surface area contributed by atoms with E-state index in [0.717, 1.165) is 80.5 Å². The van der Waals surface area contributed by atoms with Gasteiger partial charge in [0.25, 0.3) is 5.91 Å². The lowest BCUT2D eigenvalue weighted by atomic mass is 9.78. The molecule has 1 aromatic heterocycles. The van der Waals surface area contributed by atoms with Gasteiger partial charge < -0.3 is 19.3 Å². The predicted octanol–water partition coefficient (Wildman–Crippen LogP) is 1.88. The van der Waals surface area contributed by atoms with Crippen molar-refractivity contribution in [3.63, 3.8) is 0 Å². The first-order valence-electron chi connectivity index (χ1n) is 14.7. The van der Waals surface area contributed by atoms with Crippen LogP contribution in [-0.2, 0) is 27.4 Å². The van der Waals surface area contributed by atoms with Crippen LogP contribution in [-0.4, -0.2) is 89.0 Å². The first-order valence-corrected chi connectivity index (χ1v) is 14.7. The van der Waals surface area contributed by atoms with Crippen LogP contribution in [0.15, 0.2) is 42.6 Å². The molecule has 4 fully saturated rings. The SMILES string of the molecule is O=C1CCC(N2Cc3cc(OC4CCN(Cc5ccc6nc(N7CC8(COC8)C7)ncc6c5)C4)ccc3C2=O)C(=O)N1. The van der Waals surface area contributed by atoms with Gasteiger partial charge in [-0.15, -0.1) is 0 Å². The summed E-state index contributed by atoms with van der Waals surface area (Å²) in [7, 11) is 0. The van der Waals surface area contributed by atoms with Gasteiger partial charge in [-0.1, -0.05) is 6.07 Å². The number of amides is 3. The molecule has 2 atom stereocenters. The van der Waals surface area contributed by atoms with Gasteiger partial charge in [0.05, 0.1) is 24.1 Å². The molecule has 2 aromatic carbocycles. The summed E-state index contributed by atoms with van der Waals surface area (Å²) in [6.07, 6.45) is 3.50. The van der Waals surface area contributed by atoms with Crippen LogP contribution in [0.1, 0.15) is 40.7 Å². The van der Waals surface area contributed by atoms with Crippen molar-refractivity contribution in [1.29, 1.82) is 0 Å². The van der Waals surface area contributed by atoms with Crippen molar-refractivity contribution in [1.82, 2.24) is 25.1 Å². The van der Waals surface area contributed by atoms with Crippen molar-refractivity contribution < 1.29 is 23.9 Å². The van der Waals surface area contributed by atoms with E-state index in [1.54, 1.807) is 11.0 Å². The Bertz CT molecular complexity index is 1610. The highest BCUT2D eigenvalue weighted by atomic mass is 16.5. The average Bonchev–Trinajstić information content (AvgIpc) is 3.50. The lowest BCUT2D eigenvalue weighted by Gasteiger charge is -2.54. The van der Waals surface area contributed by atoms with E-state index in [2.05, 4.69) is 38.3 Å². The van der Waals surface area contributed by atoms with E-state index in [4.69, 9.17) is 14.5 Å². The summed E-state index contributed by atoms with van der Waals surface area (Å²) in [4.78, 5) is 52.5. The van der Waals surface area contributed by atoms with Crippen molar-refractivity contribution in [2.24, 2.45) is 5.41 Å². The Balaban J connectivity index is 0.874. The third kappa shape index (κ3) is 4.47. The second kappa shape index (κ2) is 9.74. The normalized spacial score (nSPS) is 25.0. The Morgan fingerprint density at radius 3 is 2.76 bits per heavy atom. The fourth-order valence-corrected chi connectivity index (χ4v) is 6.91. The summed E-state index contributed by atoms with van der Waals surface area (Å²) >= 11 is 0. The molecule has 3 aromatic rings. The van der Waals surface area contributed by atoms with Gasteiger partial charge >= 0.3 is 0 Å². The van der Waals surface area contributed by atoms with E-state index in [9.17, 15) is 14.4 Å². The van der Waals surface area contributed by atoms with Crippen LogP contribution < -0.4 is 15.0 Å². The molecule has 8 rings (SSSR count). The average molecular weight is 569 g/mol. The van der Waals surface area contributed by atoms with E-state index in [-0.39, 0.29) is 24.3 Å². The number of piperidine rings is 1. The molecule has 6 heterocycles. The van der Waals surface area contributed by atoms with E-state index < -0.39 is 11.9 Å². The summed E-state index contributed by atoms with van der Waals surface area (Å²) in [5, 5.41) is 3.39. The quantitative estimate of drug-likeness (QED) is 0.445. The van der Waals surface area contributed by atoms with Gasteiger partial charge in [-0.25, -0.2) is 9.97 Å². The number of hydrogen-bond acceptors (Lipinski definition) is 9. The maximum atomic E-state index is 13.0. The number of benzene rings is 2. The zero-order chi connectivity index (χ0) is 28.4. The topological polar surface area (TPSA) is 117 Å². The van der Waals surface area contributed by atoms with E-state index >= 15 is 0 Å². The van der Waals surface area contributed by atoms with Gasteiger partial charge in [-0.2, -0.15) is 0 Å². The Kier molecular flexibility index (Phi) is 5.94. The first-order chi connectivity index (χ1) is 20.4. The molecule has 11 heteroatoms. The molecule has 1 spiro atoms. The summed E-state index contributed by atoms with van der Waals surface area (Å²) in [6, 6.07) is 11.3. The summed E-state index contributed by atoms with van der Waals surface area (Å²) < 4.78 is 11.7. The fraction of sp³-hybridized carbons (Fsp3) is 0.452. The predicted molar refractivity (Wildman–Crippen MR) is 152 cm³/mol. The van der Waals surface area contributed by atoms with Crippen LogP contribution in [0.4, 0.5) is 5.95 Å². The lowest BCUT2D eigenvalue weighted by Crippen LogP contribution is -2.66. The molecule has 11 nitrogen and oxygen atoms in total. The minimum Gasteiger partial charge on any atom is -0.489 e. The molecular weight excluding hydrogens is 536 g/mol. The van der Waals surface area contributed by atoms with Crippen molar-refractivity contribution in [2.45, 2.75) is 44.5 Å². The van der Waals surface area contributed by atoms with Gasteiger partial charge in [0, 0.05) is 62.8 Å². The number of fused-ring (bicyclic) bond motifs is 2. The highest BCUT2D eigenvalue weighted by molar-refractivity contribution is 6.05. The number of ether oxygens (including phenoxy) is 2. The van der Waals surface area contributed by atoms with Gasteiger partial charge in [0.1, 0.15) is 17.9 Å². The third-order valence-corrected chi connectivity index (χ3v) is 9.22. The Labute approximate surface area is 242 Å². The molecule has 0 radical (unpaired) electrons. The summed E-state index contributed by atoms with van der Waals surface area (Å²) in [5.41, 5.74) is 3.96. The number of nitrogens with one attached hydrogen (secondary N) is 1. The number of imide groups is 1. The number of anilines is 1. The monoisotopic (exact) mass is 568 g/mol. The molecule has 3 amide bonds. The number of nitrogens with zero attached hydrogens (tertiary/aromatic N) is 5. The van der Waals surface area contributed by atoms with Crippen molar-refractivity contribution in [2.75, 3.05) is 44.3 Å². The maximum Gasteiger partial charge on any atom is 0.255 e. The zero-order valence-corrected chi connectivity index (χ0v) is 23.3. The van der Waals surface area contributed by atoms with Gasteiger partial charge in [0.15, 0.2) is 0 Å². The number of hydrogen-bond donors (Lipinski definition) is 1. The largest absolute Gasteiger partial charge is 0.489 e. The van der Waals surface area contributed by atoms with E-state index in [1.807, 2.05) is 18.3 Å². The molecule has 42 heavy (non-hydrogen) atoms. The number of aromatic nitrogens is 2. The van der Waals surface area contributed by atoms with Crippen molar-refractivity contribution >= 4 is 34.6 Å². The molecule has 4 saturated heterocycles. The first kappa shape index (κ1) is 25.6. The van der Waals surface area contributed by atoms with E-state index in [0.29, 0.717) is 23.9 Å². The Hall–Kier alpha value is -4.09. The van der Waals surface area contributed by atoms with Gasteiger partial charge in [-0.05, 0) is 54.3 Å². The minimum atomic E-state index is -0.616. The van der Waals surface area contributed by atoms with Crippen LogP contribution >= 0.6 is 0 Å². The zero-order valence-electron chi connectivity index (χ0n) is 23.3. The van der Waals surface area contributed by atoms with Crippen molar-refractivity contribution in [3.8, 4) is 5.75 Å². The number of rotatable bonds is 6. The van der Waals surface area contributed by atoms with Crippen molar-refractivity contribution in [3.05, 3.63) is 59.3 Å². The van der Waals surface area contributed by atoms with Gasteiger partial charge in [-0.3, -0.25) is 24.6 Å². The minimum absolute atomic E-state index is 0.0543. The Morgan fingerprint density at radius 2 is 1.95 bits per heavy atom. The molecule has 216 valence electrons. The maximum absolute atomic E-state index is 13.0. The summed E-state index contributed by atoms with van der Waals surface area (Å²) in [5.74, 6) is 0.670. The number of likely N-dealkylation sites (tertiary alicyclic amines) is 1. The van der Waals surface area contributed by atoms with Crippen LogP contribution in [0, 0.1) is 5.41 Å². The molecule has 5 aliphatic heterocycles. The Morgan fingerprint density at radius 1 is 1.07 bits per heavy atom. The molecular formula is C31H32N6O5. The highest BCUT2D eigenvalue weighted by Gasteiger charge is 2.50. The molecule has 1 N–H and O–H groups in total. The highest BCUT2D eigenvalue weighted by Crippen LogP contribution is 2.39. The van der Waals surface area contributed by atoms with Gasteiger partial charge in [0.2, 0.25) is 17.8 Å². The smallest absolute Gasteiger partial charge is 0.255 e. The molecule has 2 unspecified atom stereocenters. The van der Waals surface area contributed by atoms with Crippen LogP contribution in [0.3, 0.4) is 0 Å². The standard InChI is InChI=1S/C31H32N6O5/c38-27-6-5-26(28(39)34-27)37-13-21-10-22(2-3-24(21)29(37)40)42-23-7-8-35(14-23)12-19-1-4-25-20(9-19)11-32-30(33-25)36-15-31(16-36)17-41-18-31/h1-4,9-11,23,26H,5-8,12-18H2,(H,34,38,39). The molecule has 5 aliphatic rings. The van der Waals surface area contributed by atoms with E-state index in [1.165, 1.54) is 5.56 Å². The number of carbonyl (C=O) groups excluding carboxylic acids is 3. The van der Waals surface area contributed by atoms with Crippen LogP contribution in [0.2, 0.25) is 0 Å². The third-order valence-electron chi connectivity index (χ3n) is 9.22. The number of carbonyl (C=O) groups is 3. The summed E-state index contributed by atoms with van der Waals surface area (Å²) in [6.45, 7) is 6.56. The molecule has 0 aliphatic carbocycles. The van der Waals surface area contributed by atoms with Crippen LogP contribution in [0.5, 0.6) is 5.75 Å². The second-order valence-electron chi connectivity index (χ2n) is 12.4. The molecule has 0 saturated carbocycles. The van der Waals surface area contributed by atoms with Crippen LogP contribution in [0.25, 0.3) is 10.9 Å². The fourth-order valence-electron chi connectivity index (χ4n) is 6.91.